The van der Waals surface area contributed by atoms with Crippen molar-refractivity contribution in [1.82, 2.24) is 0 Å². The van der Waals surface area contributed by atoms with Gasteiger partial charge in [-0.1, -0.05) is 23.2 Å². The number of hydrogen-bond donors (Lipinski definition) is 1. The lowest BCUT2D eigenvalue weighted by Crippen LogP contribution is -2.09. The summed E-state index contributed by atoms with van der Waals surface area (Å²) in [5.74, 6) is -0.737. The Morgan fingerprint density at radius 1 is 1.46 bits per heavy atom. The minimum atomic E-state index is -1.05. The standard InChI is InChI=1S/C8H6Cl2O3/c9-5-1-2-7(6(10)3-5)13-4-8(11)12/h1-3H,4H2,(H,11,12)/i4+1. The van der Waals surface area contributed by atoms with Gasteiger partial charge in [-0.3, -0.25) is 0 Å². The third-order valence-corrected chi connectivity index (χ3v) is 1.78. The molecule has 0 bridgehead atoms. The molecule has 0 saturated carbocycles. The first-order valence-electron chi connectivity index (χ1n) is 3.39. The maximum absolute atomic E-state index is 10.2. The van der Waals surface area contributed by atoms with Crippen molar-refractivity contribution in [2.24, 2.45) is 0 Å². The van der Waals surface area contributed by atoms with Crippen LogP contribution in [0, 0.1) is 0 Å². The lowest BCUT2D eigenvalue weighted by Gasteiger charge is -2.04. The number of hydrogen-bond acceptors (Lipinski definition) is 2. The Kier molecular flexibility index (Phi) is 3.39. The van der Waals surface area contributed by atoms with Gasteiger partial charge in [-0.25, -0.2) is 4.79 Å². The lowest BCUT2D eigenvalue weighted by molar-refractivity contribution is -0.139. The van der Waals surface area contributed by atoms with Gasteiger partial charge in [-0.05, 0) is 18.2 Å². The molecule has 0 aliphatic heterocycles. The van der Waals surface area contributed by atoms with E-state index in [1.807, 2.05) is 0 Å². The zero-order valence-corrected chi connectivity index (χ0v) is 7.97. The van der Waals surface area contributed by atoms with E-state index in [0.29, 0.717) is 15.8 Å². The highest BCUT2D eigenvalue weighted by Crippen LogP contribution is 2.27. The third kappa shape index (κ3) is 3.13. The molecule has 0 heterocycles. The highest BCUT2D eigenvalue weighted by atomic mass is 35.5. The summed E-state index contributed by atoms with van der Waals surface area (Å²) < 4.78 is 4.86. The van der Waals surface area contributed by atoms with Crippen molar-refractivity contribution in [3.05, 3.63) is 28.2 Å². The second-order valence-electron chi connectivity index (χ2n) is 2.26. The molecular weight excluding hydrogens is 216 g/mol. The zero-order valence-electron chi connectivity index (χ0n) is 6.46. The van der Waals surface area contributed by atoms with Crippen molar-refractivity contribution in [3.63, 3.8) is 0 Å². The fourth-order valence-electron chi connectivity index (χ4n) is 0.732. The van der Waals surface area contributed by atoms with Crippen LogP contribution in [0.1, 0.15) is 0 Å². The number of carbonyl (C=O) groups is 1. The van der Waals surface area contributed by atoms with E-state index in [4.69, 9.17) is 33.0 Å². The zero-order chi connectivity index (χ0) is 9.84. The van der Waals surface area contributed by atoms with Crippen LogP contribution in [0.5, 0.6) is 5.75 Å². The summed E-state index contributed by atoms with van der Waals surface area (Å²) in [5, 5.41) is 9.11. The van der Waals surface area contributed by atoms with Gasteiger partial charge in [0.2, 0.25) is 0 Å². The highest BCUT2D eigenvalue weighted by Gasteiger charge is 2.04. The van der Waals surface area contributed by atoms with Crippen LogP contribution in [-0.2, 0) is 4.79 Å². The molecule has 0 aliphatic rings. The molecule has 0 spiro atoms. The second-order valence-corrected chi connectivity index (χ2v) is 3.10. The molecule has 13 heavy (non-hydrogen) atoms. The van der Waals surface area contributed by atoms with Gasteiger partial charge >= 0.3 is 5.97 Å². The molecule has 1 N–H and O–H groups in total. The Bertz CT molecular complexity index is 325. The maximum atomic E-state index is 10.2. The van der Waals surface area contributed by atoms with Gasteiger partial charge < -0.3 is 9.84 Å². The molecule has 0 radical (unpaired) electrons. The Hall–Kier alpha value is -0.930. The van der Waals surface area contributed by atoms with Gasteiger partial charge in [-0.2, -0.15) is 0 Å². The largest absolute Gasteiger partial charge is 0.480 e. The Balaban J connectivity index is 2.72. The van der Waals surface area contributed by atoms with Crippen LogP contribution >= 0.6 is 23.2 Å². The van der Waals surface area contributed by atoms with Gasteiger partial charge in [0.25, 0.3) is 0 Å². The second kappa shape index (κ2) is 4.35. The summed E-state index contributed by atoms with van der Waals surface area (Å²) in [6.07, 6.45) is 0. The molecule has 1 aromatic carbocycles. The van der Waals surface area contributed by atoms with Crippen LogP contribution in [0.2, 0.25) is 10.0 Å². The van der Waals surface area contributed by atoms with E-state index in [0.717, 1.165) is 0 Å². The molecule has 0 saturated heterocycles. The summed E-state index contributed by atoms with van der Waals surface area (Å²) >= 11 is 11.3. The van der Waals surface area contributed by atoms with Gasteiger partial charge in [0.1, 0.15) is 5.75 Å². The van der Waals surface area contributed by atoms with Gasteiger partial charge in [0.05, 0.1) is 5.02 Å². The monoisotopic (exact) mass is 221 g/mol. The van der Waals surface area contributed by atoms with Gasteiger partial charge in [-0.15, -0.1) is 0 Å². The maximum Gasteiger partial charge on any atom is 0.341 e. The third-order valence-electron chi connectivity index (χ3n) is 1.25. The van der Waals surface area contributed by atoms with Crippen LogP contribution in [0.15, 0.2) is 18.2 Å². The predicted molar refractivity (Wildman–Crippen MR) is 49.6 cm³/mol. The first-order chi connectivity index (χ1) is 6.09. The van der Waals surface area contributed by atoms with E-state index in [-0.39, 0.29) is 0 Å². The average molecular weight is 222 g/mol. The van der Waals surface area contributed by atoms with E-state index in [9.17, 15) is 4.79 Å². The SMILES string of the molecule is O=C(O)[13CH2]Oc1ccc(Cl)cc1Cl. The van der Waals surface area contributed by atoms with Crippen molar-refractivity contribution in [3.8, 4) is 5.75 Å². The molecule has 1 rings (SSSR count). The summed E-state index contributed by atoms with van der Waals surface area (Å²) in [5.41, 5.74) is 0. The van der Waals surface area contributed by atoms with Crippen molar-refractivity contribution in [2.75, 3.05) is 6.61 Å². The number of carboxylic acids is 1. The average Bonchev–Trinajstić information content (AvgIpc) is 2.02. The van der Waals surface area contributed by atoms with Crippen LogP contribution in [0.3, 0.4) is 0 Å². The summed E-state index contributed by atoms with van der Waals surface area (Å²) in [4.78, 5) is 10.2. The molecule has 0 unspecified atom stereocenters. The normalized spacial score (nSPS) is 9.69. The van der Waals surface area contributed by atoms with Crippen molar-refractivity contribution < 1.29 is 14.6 Å². The van der Waals surface area contributed by atoms with E-state index < -0.39 is 12.6 Å². The Morgan fingerprint density at radius 2 is 2.15 bits per heavy atom. The molecule has 0 atom stereocenters. The fourth-order valence-corrected chi connectivity index (χ4v) is 1.19. The lowest BCUT2D eigenvalue weighted by atomic mass is 10.3. The molecule has 0 aliphatic carbocycles. The molecular formula is C8H6Cl2O3. The summed E-state index contributed by atoms with van der Waals surface area (Å²) in [6.45, 7) is -0.415. The van der Waals surface area contributed by atoms with Crippen LogP contribution in [0.4, 0.5) is 0 Å². The van der Waals surface area contributed by atoms with Crippen molar-refractivity contribution in [1.29, 1.82) is 0 Å². The number of carboxylic acid groups (broad SMARTS) is 1. The highest BCUT2D eigenvalue weighted by molar-refractivity contribution is 6.35. The Morgan fingerprint density at radius 3 is 2.69 bits per heavy atom. The predicted octanol–water partition coefficient (Wildman–Crippen LogP) is 2.46. The number of rotatable bonds is 3. The van der Waals surface area contributed by atoms with Gasteiger partial charge in [0, 0.05) is 5.02 Å². The topological polar surface area (TPSA) is 46.5 Å². The minimum Gasteiger partial charge on any atom is -0.480 e. The summed E-state index contributed by atoms with van der Waals surface area (Å²) in [6, 6.07) is 4.58. The molecule has 0 aromatic heterocycles. The Labute approximate surface area is 84.8 Å². The van der Waals surface area contributed by atoms with Crippen LogP contribution in [0.25, 0.3) is 0 Å². The van der Waals surface area contributed by atoms with Crippen LogP contribution < -0.4 is 4.74 Å². The van der Waals surface area contributed by atoms with E-state index in [1.54, 1.807) is 6.07 Å². The smallest absolute Gasteiger partial charge is 0.341 e. The van der Waals surface area contributed by atoms with E-state index in [2.05, 4.69) is 0 Å². The molecule has 5 heteroatoms. The van der Waals surface area contributed by atoms with Gasteiger partial charge in [0.15, 0.2) is 6.61 Å². The van der Waals surface area contributed by atoms with Crippen LogP contribution in [-0.4, -0.2) is 17.7 Å². The first kappa shape index (κ1) is 10.2. The number of halogens is 2. The van der Waals surface area contributed by atoms with E-state index in [1.165, 1.54) is 12.1 Å². The molecule has 3 nitrogen and oxygen atoms in total. The van der Waals surface area contributed by atoms with Crippen molar-refractivity contribution in [2.45, 2.75) is 0 Å². The summed E-state index contributed by atoms with van der Waals surface area (Å²) in [7, 11) is 0. The first-order valence-corrected chi connectivity index (χ1v) is 4.15. The molecule has 0 fully saturated rings. The van der Waals surface area contributed by atoms with E-state index >= 15 is 0 Å². The molecule has 70 valence electrons. The minimum absolute atomic E-state index is 0.300. The quantitative estimate of drug-likeness (QED) is 0.799. The van der Waals surface area contributed by atoms with Crippen molar-refractivity contribution >= 4 is 29.2 Å². The fraction of sp³-hybridized carbons (Fsp3) is 0.125. The number of ether oxygens (including phenoxy) is 1. The molecule has 0 amide bonds. The number of aliphatic carboxylic acids is 1. The molecule has 1 aromatic rings. The number of benzene rings is 1.